The molecule has 100 valence electrons. The molecule has 2 N–H and O–H groups in total. The zero-order valence-electron chi connectivity index (χ0n) is 10.1. The first-order valence-corrected chi connectivity index (χ1v) is 6.63. The Bertz CT molecular complexity index is 390. The molecule has 0 aliphatic heterocycles. The highest BCUT2D eigenvalue weighted by atomic mass is 35.6. The largest absolute Gasteiger partial charge is 0.333 e. The SMILES string of the molecule is CC(C)N[C@H](NC(=O)c1ccccc1)C(Cl)(Cl)Cl. The molecule has 0 bridgehead atoms. The summed E-state index contributed by atoms with van der Waals surface area (Å²) in [6.45, 7) is 3.80. The Morgan fingerprint density at radius 2 is 1.72 bits per heavy atom. The van der Waals surface area contributed by atoms with Gasteiger partial charge in [0, 0.05) is 11.6 Å². The van der Waals surface area contributed by atoms with Crippen LogP contribution in [0, 0.1) is 0 Å². The predicted molar refractivity (Wildman–Crippen MR) is 76.3 cm³/mol. The fraction of sp³-hybridized carbons (Fsp3) is 0.417. The Balaban J connectivity index is 2.75. The van der Waals surface area contributed by atoms with Crippen LogP contribution in [-0.4, -0.2) is 21.9 Å². The van der Waals surface area contributed by atoms with Crippen molar-refractivity contribution in [1.82, 2.24) is 10.6 Å². The van der Waals surface area contributed by atoms with Gasteiger partial charge in [-0.15, -0.1) is 0 Å². The lowest BCUT2D eigenvalue weighted by atomic mass is 10.2. The van der Waals surface area contributed by atoms with E-state index in [4.69, 9.17) is 34.8 Å². The molecular formula is C12H15Cl3N2O. The van der Waals surface area contributed by atoms with Crippen LogP contribution < -0.4 is 10.6 Å². The molecule has 1 aromatic carbocycles. The maximum atomic E-state index is 12.0. The zero-order chi connectivity index (χ0) is 13.8. The van der Waals surface area contributed by atoms with Crippen molar-refractivity contribution >= 4 is 40.7 Å². The summed E-state index contributed by atoms with van der Waals surface area (Å²) >= 11 is 17.5. The molecule has 0 aromatic heterocycles. The van der Waals surface area contributed by atoms with Crippen molar-refractivity contribution in [3.63, 3.8) is 0 Å². The van der Waals surface area contributed by atoms with Crippen LogP contribution in [0.5, 0.6) is 0 Å². The van der Waals surface area contributed by atoms with E-state index < -0.39 is 9.96 Å². The summed E-state index contributed by atoms with van der Waals surface area (Å²) in [7, 11) is 0. The van der Waals surface area contributed by atoms with E-state index in [1.807, 2.05) is 19.9 Å². The topological polar surface area (TPSA) is 41.1 Å². The minimum Gasteiger partial charge on any atom is -0.333 e. The fourth-order valence-corrected chi connectivity index (χ4v) is 1.71. The van der Waals surface area contributed by atoms with E-state index in [0.717, 1.165) is 0 Å². The van der Waals surface area contributed by atoms with Crippen LogP contribution in [0.1, 0.15) is 24.2 Å². The number of halogens is 3. The molecule has 0 unspecified atom stereocenters. The third-order valence-corrected chi connectivity index (χ3v) is 2.79. The number of hydrogen-bond donors (Lipinski definition) is 2. The standard InChI is InChI=1S/C12H15Cl3N2O/c1-8(2)16-11(12(13,14)15)17-10(18)9-6-4-3-5-7-9/h3-8,11,16H,1-2H3,(H,17,18)/t11-/m1/s1. The third kappa shape index (κ3) is 5.02. The van der Waals surface area contributed by atoms with Gasteiger partial charge in [0.15, 0.2) is 0 Å². The molecule has 0 spiro atoms. The van der Waals surface area contributed by atoms with Crippen molar-refractivity contribution in [3.8, 4) is 0 Å². The van der Waals surface area contributed by atoms with E-state index >= 15 is 0 Å². The van der Waals surface area contributed by atoms with Crippen LogP contribution in [0.3, 0.4) is 0 Å². The molecule has 1 aromatic rings. The second-order valence-electron chi connectivity index (χ2n) is 4.14. The van der Waals surface area contributed by atoms with Gasteiger partial charge < -0.3 is 5.32 Å². The van der Waals surface area contributed by atoms with Crippen LogP contribution in [0.25, 0.3) is 0 Å². The molecular weight excluding hydrogens is 295 g/mol. The Morgan fingerprint density at radius 3 is 2.17 bits per heavy atom. The molecule has 0 aliphatic rings. The van der Waals surface area contributed by atoms with E-state index in [2.05, 4.69) is 10.6 Å². The lowest BCUT2D eigenvalue weighted by Crippen LogP contribution is -2.55. The van der Waals surface area contributed by atoms with Crippen molar-refractivity contribution < 1.29 is 4.79 Å². The number of carbonyl (C=O) groups is 1. The van der Waals surface area contributed by atoms with Crippen LogP contribution >= 0.6 is 34.8 Å². The second-order valence-corrected chi connectivity index (χ2v) is 6.50. The van der Waals surface area contributed by atoms with Crippen molar-refractivity contribution in [3.05, 3.63) is 35.9 Å². The van der Waals surface area contributed by atoms with Gasteiger partial charge in [0.2, 0.25) is 3.79 Å². The lowest BCUT2D eigenvalue weighted by molar-refractivity contribution is 0.0928. The molecule has 0 saturated carbocycles. The summed E-state index contributed by atoms with van der Waals surface area (Å²) in [4.78, 5) is 12.0. The van der Waals surface area contributed by atoms with Gasteiger partial charge >= 0.3 is 0 Å². The van der Waals surface area contributed by atoms with Gasteiger partial charge in [-0.3, -0.25) is 10.1 Å². The van der Waals surface area contributed by atoms with Crippen LogP contribution in [0.15, 0.2) is 30.3 Å². The van der Waals surface area contributed by atoms with Crippen molar-refractivity contribution in [1.29, 1.82) is 0 Å². The molecule has 3 nitrogen and oxygen atoms in total. The normalized spacial score (nSPS) is 13.4. The first kappa shape index (κ1) is 15.6. The zero-order valence-corrected chi connectivity index (χ0v) is 12.4. The monoisotopic (exact) mass is 308 g/mol. The fourth-order valence-electron chi connectivity index (χ4n) is 1.36. The van der Waals surface area contributed by atoms with E-state index in [9.17, 15) is 4.79 Å². The molecule has 0 saturated heterocycles. The first-order chi connectivity index (χ1) is 8.30. The Hall–Kier alpha value is -0.480. The summed E-state index contributed by atoms with van der Waals surface area (Å²) in [6.07, 6.45) is -0.754. The average molecular weight is 310 g/mol. The number of carbonyl (C=O) groups excluding carboxylic acids is 1. The molecule has 1 rings (SSSR count). The van der Waals surface area contributed by atoms with Gasteiger partial charge in [0.25, 0.3) is 5.91 Å². The van der Waals surface area contributed by atoms with Crippen LogP contribution in [0.4, 0.5) is 0 Å². The molecule has 18 heavy (non-hydrogen) atoms. The molecule has 1 atom stereocenters. The average Bonchev–Trinajstić information content (AvgIpc) is 2.27. The first-order valence-electron chi connectivity index (χ1n) is 5.49. The molecule has 6 heteroatoms. The number of nitrogens with one attached hydrogen (secondary N) is 2. The Labute approximate surface area is 122 Å². The van der Waals surface area contributed by atoms with Gasteiger partial charge in [-0.1, -0.05) is 53.0 Å². The highest BCUT2D eigenvalue weighted by Gasteiger charge is 2.34. The quantitative estimate of drug-likeness (QED) is 0.663. The predicted octanol–water partition coefficient (Wildman–Crippen LogP) is 3.11. The van der Waals surface area contributed by atoms with E-state index in [1.165, 1.54) is 0 Å². The molecule has 0 aliphatic carbocycles. The van der Waals surface area contributed by atoms with Crippen LogP contribution in [0.2, 0.25) is 0 Å². The summed E-state index contributed by atoms with van der Waals surface area (Å²) in [5, 5.41) is 5.65. The van der Waals surface area contributed by atoms with Gasteiger partial charge in [0.05, 0.1) is 0 Å². The van der Waals surface area contributed by atoms with Gasteiger partial charge in [0.1, 0.15) is 6.17 Å². The van der Waals surface area contributed by atoms with Crippen LogP contribution in [-0.2, 0) is 0 Å². The van der Waals surface area contributed by atoms with E-state index in [0.29, 0.717) is 5.56 Å². The summed E-state index contributed by atoms with van der Waals surface area (Å²) < 4.78 is -1.62. The summed E-state index contributed by atoms with van der Waals surface area (Å²) in [5.41, 5.74) is 0.516. The minimum absolute atomic E-state index is 0.0710. The minimum atomic E-state index is -1.62. The summed E-state index contributed by atoms with van der Waals surface area (Å²) in [6, 6.07) is 8.84. The number of alkyl halides is 3. The number of rotatable bonds is 4. The van der Waals surface area contributed by atoms with Gasteiger partial charge in [-0.25, -0.2) is 0 Å². The lowest BCUT2D eigenvalue weighted by Gasteiger charge is -2.28. The van der Waals surface area contributed by atoms with E-state index in [1.54, 1.807) is 24.3 Å². The van der Waals surface area contributed by atoms with Crippen molar-refractivity contribution in [2.24, 2.45) is 0 Å². The maximum Gasteiger partial charge on any atom is 0.252 e. The Kier molecular flexibility index (Phi) is 5.73. The van der Waals surface area contributed by atoms with Crippen molar-refractivity contribution in [2.45, 2.75) is 29.8 Å². The van der Waals surface area contributed by atoms with Gasteiger partial charge in [-0.05, 0) is 26.0 Å². The van der Waals surface area contributed by atoms with E-state index in [-0.39, 0.29) is 11.9 Å². The van der Waals surface area contributed by atoms with Crippen molar-refractivity contribution in [2.75, 3.05) is 0 Å². The molecule has 0 heterocycles. The maximum absolute atomic E-state index is 12.0. The number of amides is 1. The Morgan fingerprint density at radius 1 is 1.17 bits per heavy atom. The highest BCUT2D eigenvalue weighted by Crippen LogP contribution is 2.29. The molecule has 0 fully saturated rings. The third-order valence-electron chi connectivity index (χ3n) is 2.14. The highest BCUT2D eigenvalue weighted by molar-refractivity contribution is 6.68. The smallest absolute Gasteiger partial charge is 0.252 e. The van der Waals surface area contributed by atoms with Gasteiger partial charge in [-0.2, -0.15) is 0 Å². The molecule has 1 amide bonds. The number of benzene rings is 1. The molecule has 0 radical (unpaired) electrons. The summed E-state index contributed by atoms with van der Waals surface area (Å²) in [5.74, 6) is -0.292. The second kappa shape index (κ2) is 6.62. The number of hydrogen-bond acceptors (Lipinski definition) is 2.